The van der Waals surface area contributed by atoms with E-state index >= 15 is 0 Å². The normalized spacial score (nSPS) is 26.5. The van der Waals surface area contributed by atoms with Gasteiger partial charge in [0.15, 0.2) is 5.79 Å². The van der Waals surface area contributed by atoms with Gasteiger partial charge in [0.25, 0.3) is 0 Å². The molecule has 190 valence electrons. The summed E-state index contributed by atoms with van der Waals surface area (Å²) in [5.74, 6) is -0.369. The molecule has 0 bridgehead atoms. The Morgan fingerprint density at radius 2 is 1.69 bits per heavy atom. The number of nitrogens with one attached hydrogen (secondary N) is 1. The number of rotatable bonds is 7. The molecule has 1 N–H and O–H groups in total. The Kier molecular flexibility index (Phi) is 6.82. The first-order valence-corrected chi connectivity index (χ1v) is 13.7. The number of allylic oxidation sites excluding steroid dienone is 1. The van der Waals surface area contributed by atoms with Gasteiger partial charge in [-0.05, 0) is 73.9 Å². The number of aromatic nitrogens is 1. The molecule has 3 heterocycles. The largest absolute Gasteiger partial charge is 0.374 e. The molecule has 2 aliphatic carbocycles. The van der Waals surface area contributed by atoms with Crippen molar-refractivity contribution < 1.29 is 14.2 Å². The van der Waals surface area contributed by atoms with E-state index < -0.39 is 0 Å². The maximum absolute atomic E-state index is 6.36. The van der Waals surface area contributed by atoms with Gasteiger partial charge in [0.1, 0.15) is 0 Å². The lowest BCUT2D eigenvalue weighted by Gasteiger charge is -2.46. The van der Waals surface area contributed by atoms with Gasteiger partial charge in [-0.2, -0.15) is 0 Å². The number of pyridine rings is 1. The molecule has 0 amide bonds. The van der Waals surface area contributed by atoms with Crippen molar-refractivity contribution in [3.05, 3.63) is 83.7 Å². The summed E-state index contributed by atoms with van der Waals surface area (Å²) in [5, 5.41) is 3.79. The highest BCUT2D eigenvalue weighted by Gasteiger charge is 2.47. The Bertz CT molecular complexity index is 1100. The van der Waals surface area contributed by atoms with E-state index in [1.807, 2.05) is 12.3 Å². The lowest BCUT2D eigenvalue weighted by Crippen LogP contribution is -2.47. The first kappa shape index (κ1) is 24.1. The van der Waals surface area contributed by atoms with E-state index in [2.05, 4.69) is 59.9 Å². The van der Waals surface area contributed by atoms with Crippen LogP contribution < -0.4 is 5.32 Å². The number of hydrogen-bond acceptors (Lipinski definition) is 5. The minimum absolute atomic E-state index is 0.0417. The first-order chi connectivity index (χ1) is 17.7. The van der Waals surface area contributed by atoms with Gasteiger partial charge in [-0.3, -0.25) is 4.98 Å². The number of hydrogen-bond donors (Lipinski definition) is 1. The smallest absolute Gasteiger partial charge is 0.172 e. The fraction of sp³-hybridized carbons (Fsp3) is 0.516. The average molecular weight is 487 g/mol. The number of ether oxygens (including phenoxy) is 3. The van der Waals surface area contributed by atoms with Gasteiger partial charge in [-0.25, -0.2) is 0 Å². The van der Waals surface area contributed by atoms with Crippen molar-refractivity contribution in [2.75, 3.05) is 26.4 Å². The van der Waals surface area contributed by atoms with Crippen LogP contribution >= 0.6 is 0 Å². The van der Waals surface area contributed by atoms with E-state index in [0.29, 0.717) is 13.2 Å². The zero-order valence-corrected chi connectivity index (χ0v) is 21.2. The van der Waals surface area contributed by atoms with Crippen LogP contribution in [0.4, 0.5) is 0 Å². The summed E-state index contributed by atoms with van der Waals surface area (Å²) in [5.41, 5.74) is 5.38. The zero-order valence-electron chi connectivity index (χ0n) is 21.2. The van der Waals surface area contributed by atoms with Crippen LogP contribution in [0.25, 0.3) is 5.57 Å². The van der Waals surface area contributed by atoms with Gasteiger partial charge in [0.2, 0.25) is 0 Å². The number of benzene rings is 1. The van der Waals surface area contributed by atoms with Gasteiger partial charge in [-0.15, -0.1) is 0 Å². The van der Waals surface area contributed by atoms with E-state index in [9.17, 15) is 0 Å². The molecule has 5 nitrogen and oxygen atoms in total. The van der Waals surface area contributed by atoms with Gasteiger partial charge in [0, 0.05) is 43.3 Å². The SMILES string of the molecule is C1=CCC2(C1)CC(CCNCc1ccccc1C1=CCC3(CC1)OCCO3)(c1ccccn1)CCO2. The van der Waals surface area contributed by atoms with Crippen LogP contribution in [0.2, 0.25) is 0 Å². The molecule has 1 aromatic carbocycles. The molecule has 6 rings (SSSR count). The van der Waals surface area contributed by atoms with Crippen LogP contribution in [0.5, 0.6) is 0 Å². The molecule has 4 aliphatic rings. The second-order valence-corrected chi connectivity index (χ2v) is 11.0. The average Bonchev–Trinajstić information content (AvgIpc) is 3.58. The summed E-state index contributed by atoms with van der Waals surface area (Å²) in [6, 6.07) is 15.2. The highest BCUT2D eigenvalue weighted by molar-refractivity contribution is 5.69. The van der Waals surface area contributed by atoms with Crippen molar-refractivity contribution in [2.45, 2.75) is 74.7 Å². The maximum atomic E-state index is 6.36. The van der Waals surface area contributed by atoms with Crippen LogP contribution in [-0.4, -0.2) is 42.7 Å². The summed E-state index contributed by atoms with van der Waals surface area (Å²) in [6.45, 7) is 4.07. The molecule has 2 saturated heterocycles. The van der Waals surface area contributed by atoms with Crippen molar-refractivity contribution in [2.24, 2.45) is 0 Å². The Morgan fingerprint density at radius 3 is 2.47 bits per heavy atom. The monoisotopic (exact) mass is 486 g/mol. The van der Waals surface area contributed by atoms with Crippen molar-refractivity contribution in [1.82, 2.24) is 10.3 Å². The van der Waals surface area contributed by atoms with Gasteiger partial charge >= 0.3 is 0 Å². The molecule has 1 aromatic heterocycles. The molecule has 0 saturated carbocycles. The van der Waals surface area contributed by atoms with Crippen molar-refractivity contribution in [1.29, 1.82) is 0 Å². The lowest BCUT2D eigenvalue weighted by atomic mass is 9.67. The molecular weight excluding hydrogens is 448 g/mol. The number of nitrogens with zero attached hydrogens (tertiary/aromatic N) is 1. The van der Waals surface area contributed by atoms with Crippen molar-refractivity contribution >= 4 is 5.57 Å². The van der Waals surface area contributed by atoms with Gasteiger partial charge < -0.3 is 19.5 Å². The Balaban J connectivity index is 1.13. The second-order valence-electron chi connectivity index (χ2n) is 11.0. The van der Waals surface area contributed by atoms with Crippen molar-refractivity contribution in [3.8, 4) is 0 Å². The fourth-order valence-corrected chi connectivity index (χ4v) is 6.75. The topological polar surface area (TPSA) is 52.6 Å². The molecule has 2 aromatic rings. The standard InChI is InChI=1S/C31H38N2O3/c1-2-8-27(25-10-14-31(15-11-25)35-21-22-36-31)26(7-1)23-32-19-16-29(28-9-3-6-18-33-28)17-20-34-30(24-29)12-4-5-13-30/h1-10,18,32H,11-17,19-24H2. The van der Waals surface area contributed by atoms with Crippen LogP contribution in [-0.2, 0) is 26.2 Å². The summed E-state index contributed by atoms with van der Waals surface area (Å²) in [7, 11) is 0. The Hall–Kier alpha value is -2.31. The van der Waals surface area contributed by atoms with E-state index in [4.69, 9.17) is 19.2 Å². The third-order valence-electron chi connectivity index (χ3n) is 8.71. The fourth-order valence-electron chi connectivity index (χ4n) is 6.75. The quantitative estimate of drug-likeness (QED) is 0.401. The summed E-state index contributed by atoms with van der Waals surface area (Å²) in [4.78, 5) is 4.84. The maximum Gasteiger partial charge on any atom is 0.172 e. The molecule has 2 spiro atoms. The van der Waals surface area contributed by atoms with E-state index in [1.165, 1.54) is 22.4 Å². The highest BCUT2D eigenvalue weighted by atomic mass is 16.7. The molecule has 1 atom stereocenters. The van der Waals surface area contributed by atoms with E-state index in [0.717, 1.165) is 71.1 Å². The predicted octanol–water partition coefficient (Wildman–Crippen LogP) is 5.71. The van der Waals surface area contributed by atoms with Crippen molar-refractivity contribution in [3.63, 3.8) is 0 Å². The predicted molar refractivity (Wildman–Crippen MR) is 141 cm³/mol. The summed E-state index contributed by atoms with van der Waals surface area (Å²) < 4.78 is 18.2. The highest BCUT2D eigenvalue weighted by Crippen LogP contribution is 2.48. The van der Waals surface area contributed by atoms with E-state index in [1.54, 1.807) is 0 Å². The summed E-state index contributed by atoms with van der Waals surface area (Å²) >= 11 is 0. The Morgan fingerprint density at radius 1 is 0.861 bits per heavy atom. The zero-order chi connectivity index (χ0) is 24.3. The minimum Gasteiger partial charge on any atom is -0.374 e. The molecular formula is C31H38N2O3. The molecule has 5 heteroatoms. The first-order valence-electron chi connectivity index (χ1n) is 13.7. The minimum atomic E-state index is -0.369. The third-order valence-corrected chi connectivity index (χ3v) is 8.71. The van der Waals surface area contributed by atoms with Gasteiger partial charge in [0.05, 0.1) is 18.8 Å². The van der Waals surface area contributed by atoms with Gasteiger partial charge in [-0.1, -0.05) is 48.6 Å². The molecule has 2 fully saturated rings. The second kappa shape index (κ2) is 10.2. The molecule has 1 unspecified atom stereocenters. The third kappa shape index (κ3) is 4.82. The summed E-state index contributed by atoms with van der Waals surface area (Å²) in [6.07, 6.45) is 16.8. The van der Waals surface area contributed by atoms with Crippen LogP contribution in [0, 0.1) is 0 Å². The van der Waals surface area contributed by atoms with Crippen LogP contribution in [0.15, 0.2) is 66.9 Å². The Labute approximate surface area is 214 Å². The molecule has 2 aliphatic heterocycles. The van der Waals surface area contributed by atoms with Crippen LogP contribution in [0.1, 0.15) is 68.2 Å². The lowest BCUT2D eigenvalue weighted by molar-refractivity contribution is -0.159. The van der Waals surface area contributed by atoms with E-state index in [-0.39, 0.29) is 16.8 Å². The molecule has 36 heavy (non-hydrogen) atoms. The molecule has 0 radical (unpaired) electrons. The van der Waals surface area contributed by atoms with Crippen LogP contribution in [0.3, 0.4) is 0 Å².